The molecule has 0 heterocycles. The fourth-order valence-electron chi connectivity index (χ4n) is 2.33. The molecule has 0 aliphatic heterocycles. The van der Waals surface area contributed by atoms with Crippen LogP contribution in [-0.4, -0.2) is 5.91 Å². The number of para-hydroxylation sites is 1. The zero-order valence-corrected chi connectivity index (χ0v) is 14.0. The van der Waals surface area contributed by atoms with Crippen molar-refractivity contribution in [2.45, 2.75) is 10.1 Å². The number of hydrogen-bond acceptors (Lipinski definition) is 2. The molecule has 0 spiro atoms. The van der Waals surface area contributed by atoms with E-state index in [4.69, 9.17) is 0 Å². The van der Waals surface area contributed by atoms with Crippen LogP contribution in [-0.2, 0) is 4.79 Å². The fraction of sp³-hybridized carbons (Fsp3) is 0.0500. The summed E-state index contributed by atoms with van der Waals surface area (Å²) in [7, 11) is 0. The van der Waals surface area contributed by atoms with Gasteiger partial charge in [-0.1, -0.05) is 48.5 Å². The molecule has 0 saturated carbocycles. The number of anilines is 1. The highest BCUT2D eigenvalue weighted by Gasteiger charge is 2.23. The highest BCUT2D eigenvalue weighted by molar-refractivity contribution is 8.00. The Hall–Kier alpha value is -2.66. The van der Waals surface area contributed by atoms with Crippen LogP contribution in [0.3, 0.4) is 0 Å². The van der Waals surface area contributed by atoms with Crippen molar-refractivity contribution in [3.63, 3.8) is 0 Å². The minimum atomic E-state index is -0.682. The summed E-state index contributed by atoms with van der Waals surface area (Å²) in [6, 6.07) is 21.5. The van der Waals surface area contributed by atoms with Crippen LogP contribution < -0.4 is 5.32 Å². The van der Waals surface area contributed by atoms with Crippen LogP contribution in [0.5, 0.6) is 0 Å². The molecule has 1 unspecified atom stereocenters. The minimum Gasteiger partial charge on any atom is -0.325 e. The first-order valence-corrected chi connectivity index (χ1v) is 8.54. The second-order valence-corrected chi connectivity index (χ2v) is 6.49. The maximum absolute atomic E-state index is 14.0. The Labute approximate surface area is 148 Å². The van der Waals surface area contributed by atoms with E-state index in [1.807, 2.05) is 48.5 Å². The van der Waals surface area contributed by atoms with E-state index >= 15 is 0 Å². The summed E-state index contributed by atoms with van der Waals surface area (Å²) < 4.78 is 27.1. The Bertz CT molecular complexity index is 856. The van der Waals surface area contributed by atoms with E-state index in [9.17, 15) is 13.6 Å². The van der Waals surface area contributed by atoms with Crippen LogP contribution in [0.1, 0.15) is 10.8 Å². The SMILES string of the molecule is O=C(Nc1ccccc1)C(Sc1ccc(F)cc1F)c1ccccc1. The summed E-state index contributed by atoms with van der Waals surface area (Å²) in [6.07, 6.45) is 0. The molecule has 0 bridgehead atoms. The van der Waals surface area contributed by atoms with Gasteiger partial charge in [-0.05, 0) is 29.8 Å². The number of carbonyl (C=O) groups is 1. The van der Waals surface area contributed by atoms with Crippen molar-refractivity contribution in [2.24, 2.45) is 0 Å². The third-order valence-electron chi connectivity index (χ3n) is 3.52. The lowest BCUT2D eigenvalue weighted by atomic mass is 10.1. The van der Waals surface area contributed by atoms with Crippen molar-refractivity contribution in [1.29, 1.82) is 0 Å². The van der Waals surface area contributed by atoms with Gasteiger partial charge in [0.05, 0.1) is 0 Å². The molecule has 1 atom stereocenters. The van der Waals surface area contributed by atoms with Crippen LogP contribution in [0, 0.1) is 11.6 Å². The molecule has 0 saturated heterocycles. The van der Waals surface area contributed by atoms with Crippen molar-refractivity contribution in [1.82, 2.24) is 0 Å². The minimum absolute atomic E-state index is 0.221. The summed E-state index contributed by atoms with van der Waals surface area (Å²) in [6.45, 7) is 0. The summed E-state index contributed by atoms with van der Waals surface area (Å²) >= 11 is 1.05. The van der Waals surface area contributed by atoms with Gasteiger partial charge in [0.2, 0.25) is 5.91 Å². The van der Waals surface area contributed by atoms with Gasteiger partial charge in [-0.2, -0.15) is 0 Å². The van der Waals surface area contributed by atoms with E-state index in [1.54, 1.807) is 12.1 Å². The molecule has 1 N–H and O–H groups in total. The molecule has 5 heteroatoms. The van der Waals surface area contributed by atoms with Crippen LogP contribution in [0.2, 0.25) is 0 Å². The topological polar surface area (TPSA) is 29.1 Å². The first-order valence-electron chi connectivity index (χ1n) is 7.66. The average Bonchev–Trinajstić information content (AvgIpc) is 2.62. The molecule has 0 fully saturated rings. The molecule has 3 rings (SSSR count). The van der Waals surface area contributed by atoms with Crippen molar-refractivity contribution in [3.8, 4) is 0 Å². The van der Waals surface area contributed by atoms with E-state index in [1.165, 1.54) is 12.1 Å². The van der Waals surface area contributed by atoms with Crippen molar-refractivity contribution in [2.75, 3.05) is 5.32 Å². The second-order valence-electron chi connectivity index (χ2n) is 5.34. The average molecular weight is 355 g/mol. The first-order chi connectivity index (χ1) is 12.1. The molecule has 0 aliphatic carbocycles. The van der Waals surface area contributed by atoms with Crippen LogP contribution >= 0.6 is 11.8 Å². The van der Waals surface area contributed by atoms with Crippen molar-refractivity contribution >= 4 is 23.4 Å². The molecule has 3 aromatic carbocycles. The van der Waals surface area contributed by atoms with Gasteiger partial charge in [-0.25, -0.2) is 8.78 Å². The predicted molar refractivity (Wildman–Crippen MR) is 96.5 cm³/mol. The normalized spacial score (nSPS) is 11.8. The standard InChI is InChI=1S/C20H15F2NOS/c21-15-11-12-18(17(22)13-15)25-19(14-7-3-1-4-8-14)20(24)23-16-9-5-2-6-10-16/h1-13,19H,(H,23,24). The number of benzene rings is 3. The molecular weight excluding hydrogens is 340 g/mol. The van der Waals surface area contributed by atoms with Crippen molar-refractivity contribution < 1.29 is 13.6 Å². The van der Waals surface area contributed by atoms with Gasteiger partial charge in [-0.15, -0.1) is 11.8 Å². The van der Waals surface area contributed by atoms with Gasteiger partial charge < -0.3 is 5.32 Å². The monoisotopic (exact) mass is 355 g/mol. The third-order valence-corrected chi connectivity index (χ3v) is 4.83. The smallest absolute Gasteiger partial charge is 0.242 e. The zero-order valence-electron chi connectivity index (χ0n) is 13.2. The Balaban J connectivity index is 1.88. The molecular formula is C20H15F2NOS. The molecule has 126 valence electrons. The first kappa shape index (κ1) is 17.2. The predicted octanol–water partition coefficient (Wildman–Crippen LogP) is 5.44. The number of amides is 1. The quantitative estimate of drug-likeness (QED) is 0.618. The van der Waals surface area contributed by atoms with E-state index < -0.39 is 16.9 Å². The number of halogens is 2. The van der Waals surface area contributed by atoms with Crippen LogP contribution in [0.4, 0.5) is 14.5 Å². The van der Waals surface area contributed by atoms with Gasteiger partial charge in [0.15, 0.2) is 0 Å². The number of carbonyl (C=O) groups excluding carboxylic acids is 1. The summed E-state index contributed by atoms with van der Waals surface area (Å²) in [5.74, 6) is -1.60. The van der Waals surface area contributed by atoms with Gasteiger partial charge in [-0.3, -0.25) is 4.79 Å². The Kier molecular flexibility index (Phi) is 5.46. The molecule has 0 radical (unpaired) electrons. The number of hydrogen-bond donors (Lipinski definition) is 1. The maximum atomic E-state index is 14.0. The van der Waals surface area contributed by atoms with Crippen LogP contribution in [0.15, 0.2) is 83.8 Å². The highest BCUT2D eigenvalue weighted by Crippen LogP contribution is 2.37. The fourth-order valence-corrected chi connectivity index (χ4v) is 3.36. The Morgan fingerprint density at radius 2 is 1.52 bits per heavy atom. The second kappa shape index (κ2) is 7.94. The van der Waals surface area contributed by atoms with E-state index in [0.717, 1.165) is 23.4 Å². The number of thioether (sulfide) groups is 1. The van der Waals surface area contributed by atoms with E-state index in [0.29, 0.717) is 5.69 Å². The third kappa shape index (κ3) is 4.45. The molecule has 3 aromatic rings. The highest BCUT2D eigenvalue weighted by atomic mass is 32.2. The largest absolute Gasteiger partial charge is 0.325 e. The van der Waals surface area contributed by atoms with E-state index in [2.05, 4.69) is 5.32 Å². The van der Waals surface area contributed by atoms with Gasteiger partial charge in [0.1, 0.15) is 16.9 Å². The zero-order chi connectivity index (χ0) is 17.6. The number of rotatable bonds is 5. The number of nitrogens with one attached hydrogen (secondary N) is 1. The lowest BCUT2D eigenvalue weighted by molar-refractivity contribution is -0.115. The Morgan fingerprint density at radius 3 is 2.16 bits per heavy atom. The molecule has 1 amide bonds. The summed E-state index contributed by atoms with van der Waals surface area (Å²) in [5.41, 5.74) is 1.40. The van der Waals surface area contributed by atoms with Gasteiger partial charge in [0.25, 0.3) is 0 Å². The molecule has 2 nitrogen and oxygen atoms in total. The molecule has 25 heavy (non-hydrogen) atoms. The van der Waals surface area contributed by atoms with Crippen LogP contribution in [0.25, 0.3) is 0 Å². The molecule has 0 aromatic heterocycles. The summed E-state index contributed by atoms with van der Waals surface area (Å²) in [5, 5.41) is 2.17. The summed E-state index contributed by atoms with van der Waals surface area (Å²) in [4.78, 5) is 13.0. The molecule has 0 aliphatic rings. The van der Waals surface area contributed by atoms with Gasteiger partial charge >= 0.3 is 0 Å². The maximum Gasteiger partial charge on any atom is 0.242 e. The van der Waals surface area contributed by atoms with E-state index in [-0.39, 0.29) is 10.8 Å². The lowest BCUT2D eigenvalue weighted by Crippen LogP contribution is -2.19. The lowest BCUT2D eigenvalue weighted by Gasteiger charge is -2.17. The van der Waals surface area contributed by atoms with Crippen molar-refractivity contribution in [3.05, 3.63) is 96.1 Å². The Morgan fingerprint density at radius 1 is 0.880 bits per heavy atom. The van der Waals surface area contributed by atoms with Gasteiger partial charge in [0, 0.05) is 16.6 Å².